The van der Waals surface area contributed by atoms with Gasteiger partial charge < -0.3 is 10.6 Å². The first-order valence-electron chi connectivity index (χ1n) is 8.71. The number of nitrogens with zero attached hydrogens (tertiary/aromatic N) is 3. The SMILES string of the molecule is CC(C)(C)C(NC(=O)c1ccc(Cl)cc1)NC(=NCc1ccncc1)NC#N. The summed E-state index contributed by atoms with van der Waals surface area (Å²) in [5.74, 6) is 0.0187. The van der Waals surface area contributed by atoms with Gasteiger partial charge in [-0.05, 0) is 42.0 Å². The average Bonchev–Trinajstić information content (AvgIpc) is 2.66. The number of halogens is 1. The van der Waals surface area contributed by atoms with E-state index in [2.05, 4.69) is 25.9 Å². The zero-order valence-corrected chi connectivity index (χ0v) is 16.8. The van der Waals surface area contributed by atoms with Gasteiger partial charge in [-0.2, -0.15) is 5.26 Å². The van der Waals surface area contributed by atoms with E-state index in [1.54, 1.807) is 36.7 Å². The van der Waals surface area contributed by atoms with E-state index < -0.39 is 6.17 Å². The molecule has 0 aliphatic rings. The van der Waals surface area contributed by atoms with Gasteiger partial charge in [-0.1, -0.05) is 32.4 Å². The number of carbonyl (C=O) groups is 1. The first-order valence-corrected chi connectivity index (χ1v) is 9.09. The number of nitrogens with one attached hydrogen (secondary N) is 3. The highest BCUT2D eigenvalue weighted by Gasteiger charge is 2.27. The molecule has 2 aromatic rings. The minimum Gasteiger partial charge on any atom is -0.335 e. The summed E-state index contributed by atoms with van der Waals surface area (Å²) in [6.45, 7) is 6.28. The lowest BCUT2D eigenvalue weighted by molar-refractivity contribution is 0.0894. The van der Waals surface area contributed by atoms with Crippen LogP contribution in [0.1, 0.15) is 36.7 Å². The van der Waals surface area contributed by atoms with Crippen LogP contribution in [0.3, 0.4) is 0 Å². The smallest absolute Gasteiger partial charge is 0.252 e. The van der Waals surface area contributed by atoms with Gasteiger partial charge >= 0.3 is 0 Å². The summed E-state index contributed by atoms with van der Waals surface area (Å²) < 4.78 is 0. The van der Waals surface area contributed by atoms with E-state index in [1.165, 1.54) is 0 Å². The Morgan fingerprint density at radius 3 is 2.39 bits per heavy atom. The van der Waals surface area contributed by atoms with E-state index in [0.717, 1.165) is 5.56 Å². The lowest BCUT2D eigenvalue weighted by Gasteiger charge is -2.33. The molecule has 1 aromatic carbocycles. The molecule has 1 amide bonds. The number of pyridine rings is 1. The normalized spacial score (nSPS) is 12.6. The van der Waals surface area contributed by atoms with Crippen molar-refractivity contribution in [3.63, 3.8) is 0 Å². The van der Waals surface area contributed by atoms with Gasteiger partial charge in [0.05, 0.1) is 6.54 Å². The fourth-order valence-electron chi connectivity index (χ4n) is 2.25. The zero-order valence-electron chi connectivity index (χ0n) is 16.0. The highest BCUT2D eigenvalue weighted by atomic mass is 35.5. The van der Waals surface area contributed by atoms with Gasteiger partial charge in [0.1, 0.15) is 6.17 Å². The van der Waals surface area contributed by atoms with Crippen LogP contribution in [0.15, 0.2) is 53.8 Å². The van der Waals surface area contributed by atoms with Gasteiger partial charge in [0, 0.05) is 28.4 Å². The van der Waals surface area contributed by atoms with Crippen molar-refractivity contribution in [1.82, 2.24) is 20.9 Å². The average molecular weight is 399 g/mol. The van der Waals surface area contributed by atoms with Crippen LogP contribution in [-0.2, 0) is 6.54 Å². The summed E-state index contributed by atoms with van der Waals surface area (Å²) in [5.41, 5.74) is 1.09. The number of hydrogen-bond donors (Lipinski definition) is 3. The first kappa shape index (κ1) is 21.2. The Kier molecular flexibility index (Phi) is 7.36. The molecule has 0 bridgehead atoms. The minimum atomic E-state index is -0.479. The molecule has 1 aromatic heterocycles. The molecule has 1 atom stereocenters. The van der Waals surface area contributed by atoms with Crippen molar-refractivity contribution in [3.05, 3.63) is 64.9 Å². The summed E-state index contributed by atoms with van der Waals surface area (Å²) in [4.78, 5) is 21.0. The number of carbonyl (C=O) groups excluding carboxylic acids is 1. The second kappa shape index (κ2) is 9.72. The molecule has 0 saturated carbocycles. The Morgan fingerprint density at radius 1 is 1.18 bits per heavy atom. The number of nitriles is 1. The first-order chi connectivity index (χ1) is 13.3. The summed E-state index contributed by atoms with van der Waals surface area (Å²) in [5, 5.41) is 18.2. The van der Waals surface area contributed by atoms with Crippen LogP contribution in [0.4, 0.5) is 0 Å². The number of rotatable bonds is 5. The number of hydrogen-bond acceptors (Lipinski definition) is 4. The van der Waals surface area contributed by atoms with E-state index in [-0.39, 0.29) is 17.3 Å². The largest absolute Gasteiger partial charge is 0.335 e. The summed E-state index contributed by atoms with van der Waals surface area (Å²) >= 11 is 5.88. The van der Waals surface area contributed by atoms with Crippen LogP contribution in [0, 0.1) is 16.9 Å². The molecule has 0 saturated heterocycles. The van der Waals surface area contributed by atoms with Crippen molar-refractivity contribution in [2.75, 3.05) is 0 Å². The van der Waals surface area contributed by atoms with Crippen molar-refractivity contribution >= 4 is 23.5 Å². The van der Waals surface area contributed by atoms with Crippen LogP contribution in [0.2, 0.25) is 5.02 Å². The molecule has 146 valence electrons. The lowest BCUT2D eigenvalue weighted by atomic mass is 9.92. The van der Waals surface area contributed by atoms with E-state index in [1.807, 2.05) is 39.1 Å². The third-order valence-corrected chi connectivity index (χ3v) is 4.12. The van der Waals surface area contributed by atoms with Crippen LogP contribution in [-0.4, -0.2) is 23.0 Å². The van der Waals surface area contributed by atoms with Crippen molar-refractivity contribution in [2.45, 2.75) is 33.5 Å². The molecule has 0 fully saturated rings. The van der Waals surface area contributed by atoms with Gasteiger partial charge in [0.2, 0.25) is 5.96 Å². The molecule has 0 aliphatic heterocycles. The topological polar surface area (TPSA) is 102 Å². The Hall–Kier alpha value is -3.11. The van der Waals surface area contributed by atoms with E-state index in [0.29, 0.717) is 17.1 Å². The van der Waals surface area contributed by atoms with Gasteiger partial charge in [-0.25, -0.2) is 4.99 Å². The Bertz CT molecular complexity index is 853. The third-order valence-electron chi connectivity index (χ3n) is 3.87. The number of benzene rings is 1. The molecular formula is C20H23ClN6O. The maximum atomic E-state index is 12.6. The van der Waals surface area contributed by atoms with E-state index >= 15 is 0 Å². The van der Waals surface area contributed by atoms with Crippen molar-refractivity contribution in [2.24, 2.45) is 10.4 Å². The molecule has 1 heterocycles. The molecule has 0 spiro atoms. The van der Waals surface area contributed by atoms with Crippen LogP contribution < -0.4 is 16.0 Å². The number of aliphatic imine (C=N–C) groups is 1. The quantitative estimate of drug-likeness (QED) is 0.236. The van der Waals surface area contributed by atoms with Crippen LogP contribution in [0.5, 0.6) is 0 Å². The Balaban J connectivity index is 2.15. The Labute approximate surface area is 169 Å². The van der Waals surface area contributed by atoms with Gasteiger partial charge in [-0.3, -0.25) is 15.1 Å². The predicted molar refractivity (Wildman–Crippen MR) is 109 cm³/mol. The summed E-state index contributed by atoms with van der Waals surface area (Å²) in [6.07, 6.45) is 4.75. The minimum absolute atomic E-state index is 0.255. The Morgan fingerprint density at radius 2 is 1.82 bits per heavy atom. The molecule has 28 heavy (non-hydrogen) atoms. The van der Waals surface area contributed by atoms with Crippen molar-refractivity contribution in [1.29, 1.82) is 5.26 Å². The highest BCUT2D eigenvalue weighted by molar-refractivity contribution is 6.30. The third kappa shape index (κ3) is 6.56. The molecule has 0 radical (unpaired) electrons. The monoisotopic (exact) mass is 398 g/mol. The number of aromatic nitrogens is 1. The summed E-state index contributed by atoms with van der Waals surface area (Å²) in [6, 6.07) is 10.3. The van der Waals surface area contributed by atoms with E-state index in [4.69, 9.17) is 16.9 Å². The lowest BCUT2D eigenvalue weighted by Crippen LogP contribution is -2.57. The van der Waals surface area contributed by atoms with Crippen molar-refractivity contribution < 1.29 is 4.79 Å². The van der Waals surface area contributed by atoms with Gasteiger partial charge in [-0.15, -0.1) is 0 Å². The maximum Gasteiger partial charge on any atom is 0.252 e. The van der Waals surface area contributed by atoms with Crippen molar-refractivity contribution in [3.8, 4) is 6.19 Å². The number of guanidine groups is 1. The molecule has 1 unspecified atom stereocenters. The molecule has 8 heteroatoms. The second-order valence-electron chi connectivity index (χ2n) is 7.18. The van der Waals surface area contributed by atoms with Gasteiger partial charge in [0.15, 0.2) is 6.19 Å². The highest BCUT2D eigenvalue weighted by Crippen LogP contribution is 2.18. The molecule has 2 rings (SSSR count). The molecular weight excluding hydrogens is 376 g/mol. The van der Waals surface area contributed by atoms with Gasteiger partial charge in [0.25, 0.3) is 5.91 Å². The van der Waals surface area contributed by atoms with Crippen LogP contribution >= 0.6 is 11.6 Å². The fraction of sp³-hybridized carbons (Fsp3) is 0.300. The predicted octanol–water partition coefficient (Wildman–Crippen LogP) is 3.05. The zero-order chi connectivity index (χ0) is 20.6. The van der Waals surface area contributed by atoms with Crippen LogP contribution in [0.25, 0.3) is 0 Å². The molecule has 0 aliphatic carbocycles. The molecule has 7 nitrogen and oxygen atoms in total. The standard InChI is InChI=1S/C20H23ClN6O/c1-20(2,3)18(26-17(28)15-4-6-16(21)7-5-15)27-19(25-13-22)24-12-14-8-10-23-11-9-14/h4-11,18H,12H2,1-3H3,(H,26,28)(H2,24,25,27). The maximum absolute atomic E-state index is 12.6. The number of amides is 1. The molecule has 3 N–H and O–H groups in total. The van der Waals surface area contributed by atoms with E-state index in [9.17, 15) is 4.79 Å². The summed E-state index contributed by atoms with van der Waals surface area (Å²) in [7, 11) is 0. The second-order valence-corrected chi connectivity index (χ2v) is 7.62. The fourth-order valence-corrected chi connectivity index (χ4v) is 2.38.